The average molecular weight is 216 g/mol. The van der Waals surface area contributed by atoms with Crippen LogP contribution in [-0.2, 0) is 0 Å². The Morgan fingerprint density at radius 3 is 2.36 bits per heavy atom. The highest BCUT2D eigenvalue weighted by Gasteiger charge is 2.27. The van der Waals surface area contributed by atoms with Crippen molar-refractivity contribution in [1.82, 2.24) is 5.43 Å². The van der Waals surface area contributed by atoms with Crippen LogP contribution in [0.1, 0.15) is 40.0 Å². The van der Waals surface area contributed by atoms with E-state index in [1.54, 1.807) is 0 Å². The van der Waals surface area contributed by atoms with Gasteiger partial charge in [-0.3, -0.25) is 11.3 Å². The van der Waals surface area contributed by atoms with Gasteiger partial charge in [0, 0.05) is 6.04 Å². The van der Waals surface area contributed by atoms with Crippen molar-refractivity contribution in [2.75, 3.05) is 11.5 Å². The van der Waals surface area contributed by atoms with E-state index in [-0.39, 0.29) is 5.41 Å². The number of thioether (sulfide) groups is 1. The van der Waals surface area contributed by atoms with Gasteiger partial charge in [0.05, 0.1) is 0 Å². The molecule has 1 fully saturated rings. The Balaban J connectivity index is 2.39. The molecule has 1 saturated heterocycles. The fraction of sp³-hybridized carbons (Fsp3) is 1.00. The highest BCUT2D eigenvalue weighted by atomic mass is 32.2. The molecule has 1 unspecified atom stereocenters. The number of nitrogens with two attached hydrogens (primary N) is 1. The zero-order valence-electron chi connectivity index (χ0n) is 9.68. The quantitative estimate of drug-likeness (QED) is 0.562. The van der Waals surface area contributed by atoms with E-state index in [1.807, 2.05) is 0 Å². The van der Waals surface area contributed by atoms with Gasteiger partial charge in [0.15, 0.2) is 0 Å². The molecule has 0 aromatic heterocycles. The Hall–Kier alpha value is 0.270. The normalized spacial score (nSPS) is 22.3. The third-order valence-electron chi connectivity index (χ3n) is 3.16. The van der Waals surface area contributed by atoms with Crippen LogP contribution in [0.15, 0.2) is 0 Å². The fourth-order valence-electron chi connectivity index (χ4n) is 1.99. The van der Waals surface area contributed by atoms with Crippen LogP contribution >= 0.6 is 11.8 Å². The molecule has 1 aliphatic heterocycles. The van der Waals surface area contributed by atoms with Crippen LogP contribution < -0.4 is 11.3 Å². The summed E-state index contributed by atoms with van der Waals surface area (Å²) in [6.07, 6.45) is 3.98. The summed E-state index contributed by atoms with van der Waals surface area (Å²) < 4.78 is 0. The van der Waals surface area contributed by atoms with Crippen molar-refractivity contribution in [2.45, 2.75) is 46.1 Å². The van der Waals surface area contributed by atoms with Crippen molar-refractivity contribution in [2.24, 2.45) is 17.2 Å². The van der Waals surface area contributed by atoms with Crippen LogP contribution in [0.25, 0.3) is 0 Å². The molecule has 3 heteroatoms. The van der Waals surface area contributed by atoms with Gasteiger partial charge in [-0.15, -0.1) is 0 Å². The Morgan fingerprint density at radius 1 is 1.36 bits per heavy atom. The minimum absolute atomic E-state index is 0.277. The van der Waals surface area contributed by atoms with Crippen molar-refractivity contribution >= 4 is 11.8 Å². The van der Waals surface area contributed by atoms with Crippen molar-refractivity contribution in [3.8, 4) is 0 Å². The Labute approximate surface area is 92.4 Å². The van der Waals surface area contributed by atoms with Gasteiger partial charge >= 0.3 is 0 Å². The second-order valence-corrected chi connectivity index (χ2v) is 6.60. The maximum Gasteiger partial charge on any atom is 0.0261 e. The van der Waals surface area contributed by atoms with Gasteiger partial charge in [0.1, 0.15) is 0 Å². The molecule has 0 aliphatic carbocycles. The Morgan fingerprint density at radius 2 is 1.93 bits per heavy atom. The Kier molecular flexibility index (Phi) is 4.74. The molecule has 1 atom stereocenters. The second kappa shape index (κ2) is 5.38. The van der Waals surface area contributed by atoms with E-state index in [0.717, 1.165) is 5.92 Å². The molecular weight excluding hydrogens is 192 g/mol. The molecule has 0 aromatic carbocycles. The number of nitrogens with one attached hydrogen (secondary N) is 1. The zero-order chi connectivity index (χ0) is 10.6. The van der Waals surface area contributed by atoms with Gasteiger partial charge in [0.25, 0.3) is 0 Å². The van der Waals surface area contributed by atoms with Crippen LogP contribution in [0.5, 0.6) is 0 Å². The lowest BCUT2D eigenvalue weighted by Gasteiger charge is -2.34. The first-order valence-corrected chi connectivity index (χ1v) is 6.73. The van der Waals surface area contributed by atoms with Gasteiger partial charge in [-0.05, 0) is 42.1 Å². The van der Waals surface area contributed by atoms with Crippen molar-refractivity contribution in [1.29, 1.82) is 0 Å². The first kappa shape index (κ1) is 12.3. The Bertz CT molecular complexity index is 159. The maximum absolute atomic E-state index is 5.62. The molecule has 0 bridgehead atoms. The summed E-state index contributed by atoms with van der Waals surface area (Å²) in [6, 6.07) is 0.454. The minimum atomic E-state index is 0.277. The fourth-order valence-corrected chi connectivity index (χ4v) is 3.19. The monoisotopic (exact) mass is 216 g/mol. The molecule has 0 radical (unpaired) electrons. The lowest BCUT2D eigenvalue weighted by Crippen LogP contribution is -2.45. The molecule has 1 rings (SSSR count). The molecule has 0 amide bonds. The molecule has 0 aromatic rings. The minimum Gasteiger partial charge on any atom is -0.271 e. The van der Waals surface area contributed by atoms with Gasteiger partial charge in [-0.25, -0.2) is 0 Å². The summed E-state index contributed by atoms with van der Waals surface area (Å²) >= 11 is 2.09. The molecule has 0 spiro atoms. The highest BCUT2D eigenvalue weighted by Crippen LogP contribution is 2.31. The smallest absolute Gasteiger partial charge is 0.0261 e. The summed E-state index contributed by atoms with van der Waals surface area (Å²) in [5, 5.41) is 0. The highest BCUT2D eigenvalue weighted by molar-refractivity contribution is 7.99. The summed E-state index contributed by atoms with van der Waals surface area (Å²) in [5.74, 6) is 9.19. The maximum atomic E-state index is 5.62. The van der Waals surface area contributed by atoms with Crippen LogP contribution in [0, 0.1) is 11.3 Å². The molecule has 2 nitrogen and oxygen atoms in total. The number of hydrogen-bond acceptors (Lipinski definition) is 3. The second-order valence-electron chi connectivity index (χ2n) is 5.38. The summed E-state index contributed by atoms with van der Waals surface area (Å²) in [5.41, 5.74) is 3.26. The molecule has 1 aliphatic rings. The molecule has 14 heavy (non-hydrogen) atoms. The summed E-state index contributed by atoms with van der Waals surface area (Å²) in [7, 11) is 0. The van der Waals surface area contributed by atoms with E-state index in [2.05, 4.69) is 38.0 Å². The van der Waals surface area contributed by atoms with E-state index in [0.29, 0.717) is 6.04 Å². The van der Waals surface area contributed by atoms with Crippen LogP contribution in [0.4, 0.5) is 0 Å². The van der Waals surface area contributed by atoms with Crippen molar-refractivity contribution < 1.29 is 0 Å². The standard InChI is InChI=1S/C11H24N2S/c1-11(2,3)10(13-12)8-9-4-6-14-7-5-9/h9-10,13H,4-8,12H2,1-3H3. The van der Waals surface area contributed by atoms with Crippen LogP contribution in [-0.4, -0.2) is 17.5 Å². The third kappa shape index (κ3) is 3.79. The van der Waals surface area contributed by atoms with Gasteiger partial charge < -0.3 is 0 Å². The number of hydrazine groups is 1. The SMILES string of the molecule is CC(C)(C)C(CC1CCSCC1)NN. The van der Waals surface area contributed by atoms with Gasteiger partial charge in [-0.2, -0.15) is 11.8 Å². The topological polar surface area (TPSA) is 38.0 Å². The van der Waals surface area contributed by atoms with Crippen molar-refractivity contribution in [3.05, 3.63) is 0 Å². The molecular formula is C11H24N2S. The lowest BCUT2D eigenvalue weighted by molar-refractivity contribution is 0.221. The lowest BCUT2D eigenvalue weighted by atomic mass is 9.80. The zero-order valence-corrected chi connectivity index (χ0v) is 10.5. The van der Waals surface area contributed by atoms with E-state index in [1.165, 1.54) is 30.8 Å². The molecule has 3 N–H and O–H groups in total. The number of hydrogen-bond donors (Lipinski definition) is 2. The van der Waals surface area contributed by atoms with E-state index < -0.39 is 0 Å². The number of rotatable bonds is 3. The average Bonchev–Trinajstić information content (AvgIpc) is 2.14. The van der Waals surface area contributed by atoms with E-state index in [4.69, 9.17) is 5.84 Å². The predicted molar refractivity (Wildman–Crippen MR) is 65.2 cm³/mol. The van der Waals surface area contributed by atoms with Gasteiger partial charge in [0.2, 0.25) is 0 Å². The summed E-state index contributed by atoms with van der Waals surface area (Å²) in [6.45, 7) is 6.78. The van der Waals surface area contributed by atoms with Crippen molar-refractivity contribution in [3.63, 3.8) is 0 Å². The molecule has 1 heterocycles. The molecule has 0 saturated carbocycles. The van der Waals surface area contributed by atoms with Crippen LogP contribution in [0.2, 0.25) is 0 Å². The van der Waals surface area contributed by atoms with E-state index in [9.17, 15) is 0 Å². The van der Waals surface area contributed by atoms with Crippen LogP contribution in [0.3, 0.4) is 0 Å². The largest absolute Gasteiger partial charge is 0.271 e. The van der Waals surface area contributed by atoms with Gasteiger partial charge in [-0.1, -0.05) is 20.8 Å². The molecule has 84 valence electrons. The first-order chi connectivity index (χ1) is 6.54. The third-order valence-corrected chi connectivity index (χ3v) is 4.21. The summed E-state index contributed by atoms with van der Waals surface area (Å²) in [4.78, 5) is 0. The first-order valence-electron chi connectivity index (χ1n) is 5.58. The van der Waals surface area contributed by atoms with E-state index >= 15 is 0 Å². The predicted octanol–water partition coefficient (Wildman–Crippen LogP) is 2.40.